The number of aliphatic imine (C=N–C) groups is 1. The number of sulfone groups is 1. The SMILES string of the molecule is COc1ccc2c(c1)C(c1ccc(C)cc1)=Nc1c(N(C)c3ccc(F)cc3)ncnc1S2(=O)=O. The summed E-state index contributed by atoms with van der Waals surface area (Å²) in [6.07, 6.45) is 1.20. The highest BCUT2D eigenvalue weighted by atomic mass is 32.2. The zero-order valence-corrected chi connectivity index (χ0v) is 20.0. The first-order valence-electron chi connectivity index (χ1n) is 10.7. The second kappa shape index (κ2) is 8.59. The fourth-order valence-corrected chi connectivity index (χ4v) is 5.42. The second-order valence-corrected chi connectivity index (χ2v) is 9.91. The van der Waals surface area contributed by atoms with Crippen molar-refractivity contribution in [1.29, 1.82) is 0 Å². The first-order chi connectivity index (χ1) is 16.8. The van der Waals surface area contributed by atoms with Gasteiger partial charge in [0.15, 0.2) is 10.8 Å². The number of fused-ring (bicyclic) bond motifs is 2. The number of benzene rings is 3. The summed E-state index contributed by atoms with van der Waals surface area (Å²) in [5.74, 6) is 0.393. The molecule has 0 bridgehead atoms. The summed E-state index contributed by atoms with van der Waals surface area (Å²) in [5.41, 5.74) is 3.35. The van der Waals surface area contributed by atoms with Crippen LogP contribution in [0, 0.1) is 12.7 Å². The average molecular weight is 489 g/mol. The highest BCUT2D eigenvalue weighted by Gasteiger charge is 2.34. The third kappa shape index (κ3) is 3.93. The fourth-order valence-electron chi connectivity index (χ4n) is 3.94. The van der Waals surface area contributed by atoms with E-state index in [0.717, 1.165) is 11.1 Å². The molecule has 0 unspecified atom stereocenters. The lowest BCUT2D eigenvalue weighted by atomic mass is 10.0. The third-order valence-electron chi connectivity index (χ3n) is 5.84. The van der Waals surface area contributed by atoms with Crippen molar-refractivity contribution in [2.75, 3.05) is 19.1 Å². The number of aryl methyl sites for hydroxylation is 1. The Hall–Kier alpha value is -4.11. The number of methoxy groups -OCH3 is 1. The summed E-state index contributed by atoms with van der Waals surface area (Å²) in [4.78, 5) is 15.1. The lowest BCUT2D eigenvalue weighted by molar-refractivity contribution is 0.414. The van der Waals surface area contributed by atoms with Gasteiger partial charge >= 0.3 is 0 Å². The van der Waals surface area contributed by atoms with E-state index < -0.39 is 9.84 Å². The van der Waals surface area contributed by atoms with E-state index in [-0.39, 0.29) is 27.2 Å². The number of rotatable bonds is 4. The molecule has 3 aromatic carbocycles. The van der Waals surface area contributed by atoms with Crippen LogP contribution in [0.1, 0.15) is 16.7 Å². The molecule has 4 aromatic rings. The Bertz CT molecular complexity index is 1570. The van der Waals surface area contributed by atoms with Crippen LogP contribution in [0.2, 0.25) is 0 Å². The molecule has 7 nitrogen and oxygen atoms in total. The molecule has 0 aliphatic carbocycles. The quantitative estimate of drug-likeness (QED) is 0.331. The molecule has 0 spiro atoms. The molecule has 35 heavy (non-hydrogen) atoms. The normalized spacial score (nSPS) is 13.8. The topological polar surface area (TPSA) is 84.8 Å². The van der Waals surface area contributed by atoms with E-state index in [1.54, 1.807) is 36.2 Å². The second-order valence-electron chi connectivity index (χ2n) is 8.08. The molecule has 5 rings (SSSR count). The van der Waals surface area contributed by atoms with Gasteiger partial charge in [-0.25, -0.2) is 27.8 Å². The Morgan fingerprint density at radius 1 is 0.943 bits per heavy atom. The fraction of sp³-hybridized carbons (Fsp3) is 0.115. The van der Waals surface area contributed by atoms with Crippen molar-refractivity contribution in [2.24, 2.45) is 4.99 Å². The van der Waals surface area contributed by atoms with Crippen molar-refractivity contribution >= 4 is 32.7 Å². The van der Waals surface area contributed by atoms with Gasteiger partial charge in [-0.15, -0.1) is 0 Å². The van der Waals surface area contributed by atoms with E-state index in [1.807, 2.05) is 31.2 Å². The summed E-state index contributed by atoms with van der Waals surface area (Å²) in [6.45, 7) is 1.97. The van der Waals surface area contributed by atoms with Crippen LogP contribution in [-0.2, 0) is 9.84 Å². The molecule has 0 saturated heterocycles. The number of halogens is 1. The number of hydrogen-bond donors (Lipinski definition) is 0. The minimum atomic E-state index is -4.06. The predicted octanol–water partition coefficient (Wildman–Crippen LogP) is 5.02. The van der Waals surface area contributed by atoms with Crippen LogP contribution in [0.25, 0.3) is 0 Å². The standard InChI is InChI=1S/C26H21FN4O3S/c1-16-4-6-17(7-5-16)23-21-14-20(34-3)12-13-22(21)35(32,33)26-24(30-23)25(28-15-29-26)31(2)19-10-8-18(27)9-11-19/h4-15H,1-3H3. The lowest BCUT2D eigenvalue weighted by Crippen LogP contribution is -2.14. The van der Waals surface area contributed by atoms with E-state index in [0.29, 0.717) is 22.7 Å². The monoisotopic (exact) mass is 488 g/mol. The molecule has 2 heterocycles. The molecule has 0 fully saturated rings. The molecular weight excluding hydrogens is 467 g/mol. The van der Waals surface area contributed by atoms with Crippen molar-refractivity contribution in [3.63, 3.8) is 0 Å². The Morgan fingerprint density at radius 3 is 2.34 bits per heavy atom. The van der Waals surface area contributed by atoms with Gasteiger partial charge in [-0.05, 0) is 49.4 Å². The van der Waals surface area contributed by atoms with Gasteiger partial charge in [0.2, 0.25) is 9.84 Å². The molecule has 176 valence electrons. The smallest absolute Gasteiger partial charge is 0.226 e. The molecule has 0 radical (unpaired) electrons. The molecule has 1 aromatic heterocycles. The van der Waals surface area contributed by atoms with E-state index in [1.165, 1.54) is 31.6 Å². The van der Waals surface area contributed by atoms with Crippen molar-refractivity contribution in [2.45, 2.75) is 16.8 Å². The number of ether oxygens (including phenoxy) is 1. The maximum atomic E-state index is 13.8. The van der Waals surface area contributed by atoms with Crippen LogP contribution in [-0.4, -0.2) is 38.3 Å². The van der Waals surface area contributed by atoms with Gasteiger partial charge in [0.25, 0.3) is 0 Å². The average Bonchev–Trinajstić information content (AvgIpc) is 2.96. The summed E-state index contributed by atoms with van der Waals surface area (Å²) < 4.78 is 46.5. The maximum Gasteiger partial charge on any atom is 0.226 e. The third-order valence-corrected chi connectivity index (χ3v) is 7.58. The summed E-state index contributed by atoms with van der Waals surface area (Å²) in [7, 11) is -0.832. The number of aromatic nitrogens is 2. The summed E-state index contributed by atoms with van der Waals surface area (Å²) in [6, 6.07) is 18.2. The van der Waals surface area contributed by atoms with E-state index in [2.05, 4.69) is 9.97 Å². The van der Waals surface area contributed by atoms with Gasteiger partial charge in [-0.2, -0.15) is 0 Å². The van der Waals surface area contributed by atoms with Gasteiger partial charge in [-0.3, -0.25) is 0 Å². The van der Waals surface area contributed by atoms with Gasteiger partial charge in [0.05, 0.1) is 17.7 Å². The molecule has 0 amide bonds. The van der Waals surface area contributed by atoms with E-state index in [4.69, 9.17) is 9.73 Å². The van der Waals surface area contributed by atoms with Crippen LogP contribution < -0.4 is 9.64 Å². The molecular formula is C26H21FN4O3S. The van der Waals surface area contributed by atoms with Crippen LogP contribution in [0.4, 0.5) is 21.6 Å². The van der Waals surface area contributed by atoms with Crippen molar-refractivity contribution < 1.29 is 17.5 Å². The van der Waals surface area contributed by atoms with E-state index in [9.17, 15) is 12.8 Å². The van der Waals surface area contributed by atoms with Crippen molar-refractivity contribution in [1.82, 2.24) is 9.97 Å². The first kappa shape index (κ1) is 22.7. The number of hydrogen-bond acceptors (Lipinski definition) is 7. The highest BCUT2D eigenvalue weighted by molar-refractivity contribution is 7.91. The molecule has 9 heteroatoms. The Kier molecular flexibility index (Phi) is 5.56. The Balaban J connectivity index is 1.83. The number of anilines is 2. The highest BCUT2D eigenvalue weighted by Crippen LogP contribution is 2.42. The Labute approximate surface area is 202 Å². The zero-order valence-electron chi connectivity index (χ0n) is 19.2. The molecule has 0 saturated carbocycles. The summed E-state index contributed by atoms with van der Waals surface area (Å²) >= 11 is 0. The minimum Gasteiger partial charge on any atom is -0.497 e. The first-order valence-corrected chi connectivity index (χ1v) is 12.2. The van der Waals surface area contributed by atoms with Crippen LogP contribution in [0.15, 0.2) is 88.0 Å². The van der Waals surface area contributed by atoms with Crippen molar-refractivity contribution in [3.8, 4) is 5.75 Å². The van der Waals surface area contributed by atoms with Crippen molar-refractivity contribution in [3.05, 3.63) is 95.6 Å². The van der Waals surface area contributed by atoms with Gasteiger partial charge < -0.3 is 9.64 Å². The molecule has 0 atom stereocenters. The van der Waals surface area contributed by atoms with Crippen LogP contribution >= 0.6 is 0 Å². The largest absolute Gasteiger partial charge is 0.497 e. The predicted molar refractivity (Wildman–Crippen MR) is 131 cm³/mol. The van der Waals surface area contributed by atoms with Gasteiger partial charge in [-0.1, -0.05) is 29.8 Å². The lowest BCUT2D eigenvalue weighted by Gasteiger charge is -2.20. The van der Waals surface area contributed by atoms with Crippen LogP contribution in [0.5, 0.6) is 5.75 Å². The van der Waals surface area contributed by atoms with E-state index >= 15 is 0 Å². The van der Waals surface area contributed by atoms with Gasteiger partial charge in [0.1, 0.15) is 23.6 Å². The number of nitrogens with zero attached hydrogens (tertiary/aromatic N) is 4. The minimum absolute atomic E-state index is 0.0745. The van der Waals surface area contributed by atoms with Crippen LogP contribution in [0.3, 0.4) is 0 Å². The summed E-state index contributed by atoms with van der Waals surface area (Å²) in [5, 5.41) is -0.204. The zero-order chi connectivity index (χ0) is 24.7. The Morgan fingerprint density at radius 2 is 1.66 bits per heavy atom. The maximum absolute atomic E-state index is 13.8. The molecule has 1 aliphatic heterocycles. The molecule has 0 N–H and O–H groups in total. The van der Waals surface area contributed by atoms with Gasteiger partial charge in [0, 0.05) is 23.9 Å². The molecule has 1 aliphatic rings.